The maximum Gasteiger partial charge on any atom is 0.230 e. The van der Waals surface area contributed by atoms with E-state index in [9.17, 15) is 4.79 Å². The summed E-state index contributed by atoms with van der Waals surface area (Å²) in [6, 6.07) is 0. The number of piperazine rings is 1. The molecular formula is C10H13N5O. The molecule has 16 heavy (non-hydrogen) atoms. The monoisotopic (exact) mass is 219 g/mol. The molecule has 1 aromatic heterocycles. The van der Waals surface area contributed by atoms with Crippen molar-refractivity contribution < 1.29 is 4.79 Å². The molecule has 84 valence electrons. The van der Waals surface area contributed by atoms with Crippen molar-refractivity contribution in [1.29, 1.82) is 0 Å². The van der Waals surface area contributed by atoms with E-state index >= 15 is 0 Å². The van der Waals surface area contributed by atoms with Gasteiger partial charge in [-0.15, -0.1) is 0 Å². The number of carbonyl (C=O) groups excluding carboxylic acids is 1. The fourth-order valence-electron chi connectivity index (χ4n) is 2.16. The van der Waals surface area contributed by atoms with E-state index in [1.54, 1.807) is 0 Å². The molecule has 2 N–H and O–H groups in total. The Labute approximate surface area is 93.1 Å². The molecule has 0 aromatic carbocycles. The Morgan fingerprint density at radius 2 is 2.06 bits per heavy atom. The molecule has 3 rings (SSSR count). The van der Waals surface area contributed by atoms with Gasteiger partial charge in [0.05, 0.1) is 6.42 Å². The third-order valence-corrected chi connectivity index (χ3v) is 2.93. The van der Waals surface area contributed by atoms with Crippen LogP contribution in [0.5, 0.6) is 0 Å². The normalized spacial score (nSPS) is 19.5. The van der Waals surface area contributed by atoms with Gasteiger partial charge in [0.25, 0.3) is 0 Å². The van der Waals surface area contributed by atoms with Gasteiger partial charge in [0, 0.05) is 31.7 Å². The number of hydrogen-bond acceptors (Lipinski definition) is 5. The first-order valence-electron chi connectivity index (χ1n) is 5.44. The zero-order chi connectivity index (χ0) is 11.0. The van der Waals surface area contributed by atoms with Crippen molar-refractivity contribution in [2.24, 2.45) is 0 Å². The zero-order valence-corrected chi connectivity index (χ0v) is 8.86. The Bertz CT molecular complexity index is 427. The van der Waals surface area contributed by atoms with Gasteiger partial charge in [-0.1, -0.05) is 0 Å². The highest BCUT2D eigenvalue weighted by Gasteiger charge is 2.26. The summed E-state index contributed by atoms with van der Waals surface area (Å²) in [6.45, 7) is 3.77. The molecule has 1 amide bonds. The van der Waals surface area contributed by atoms with Gasteiger partial charge in [0.1, 0.15) is 18.0 Å². The first-order chi connectivity index (χ1) is 7.84. The van der Waals surface area contributed by atoms with Crippen LogP contribution in [-0.4, -0.2) is 42.1 Å². The van der Waals surface area contributed by atoms with E-state index < -0.39 is 0 Å². The van der Waals surface area contributed by atoms with Gasteiger partial charge in [-0.25, -0.2) is 9.97 Å². The Morgan fingerprint density at radius 1 is 1.25 bits per heavy atom. The van der Waals surface area contributed by atoms with E-state index in [-0.39, 0.29) is 5.91 Å². The van der Waals surface area contributed by atoms with E-state index in [0.29, 0.717) is 12.2 Å². The van der Waals surface area contributed by atoms with Gasteiger partial charge in [-0.2, -0.15) is 0 Å². The van der Waals surface area contributed by atoms with Crippen molar-refractivity contribution in [3.05, 3.63) is 11.9 Å². The number of nitrogens with zero attached hydrogens (tertiary/aromatic N) is 3. The summed E-state index contributed by atoms with van der Waals surface area (Å²) in [5.74, 6) is 1.59. The van der Waals surface area contributed by atoms with Crippen molar-refractivity contribution in [2.75, 3.05) is 36.4 Å². The van der Waals surface area contributed by atoms with Gasteiger partial charge >= 0.3 is 0 Å². The molecule has 0 atom stereocenters. The topological polar surface area (TPSA) is 70.2 Å². The average molecular weight is 219 g/mol. The van der Waals surface area contributed by atoms with E-state index in [1.165, 1.54) is 6.33 Å². The van der Waals surface area contributed by atoms with Crippen LogP contribution in [0.3, 0.4) is 0 Å². The van der Waals surface area contributed by atoms with Gasteiger partial charge in [0.15, 0.2) is 0 Å². The molecule has 0 aliphatic carbocycles. The lowest BCUT2D eigenvalue weighted by atomic mass is 10.2. The van der Waals surface area contributed by atoms with Crippen molar-refractivity contribution in [3.63, 3.8) is 0 Å². The first kappa shape index (κ1) is 9.53. The molecule has 1 aromatic rings. The quantitative estimate of drug-likeness (QED) is 0.659. The van der Waals surface area contributed by atoms with E-state index in [4.69, 9.17) is 0 Å². The predicted octanol–water partition coefficient (Wildman–Crippen LogP) is -0.619. The number of hydrogen-bond donors (Lipinski definition) is 2. The molecular weight excluding hydrogens is 206 g/mol. The van der Waals surface area contributed by atoms with Crippen molar-refractivity contribution in [3.8, 4) is 0 Å². The standard InChI is InChI=1S/C10H13N5O/c16-8-5-7-9(14-8)12-6-13-10(7)15-3-1-11-2-4-15/h6,11H,1-5H2,(H,12,13,14,16). The van der Waals surface area contributed by atoms with Gasteiger partial charge < -0.3 is 15.5 Å². The van der Waals surface area contributed by atoms with Crippen molar-refractivity contribution in [2.45, 2.75) is 6.42 Å². The summed E-state index contributed by atoms with van der Waals surface area (Å²) in [6.07, 6.45) is 1.91. The lowest BCUT2D eigenvalue weighted by molar-refractivity contribution is -0.115. The molecule has 0 spiro atoms. The minimum absolute atomic E-state index is 0.00637. The van der Waals surface area contributed by atoms with Crippen LogP contribution in [0.25, 0.3) is 0 Å². The molecule has 1 fully saturated rings. The van der Waals surface area contributed by atoms with Crippen LogP contribution in [0.1, 0.15) is 5.56 Å². The molecule has 6 nitrogen and oxygen atoms in total. The van der Waals surface area contributed by atoms with Crippen LogP contribution < -0.4 is 15.5 Å². The lowest BCUT2D eigenvalue weighted by Gasteiger charge is -2.29. The summed E-state index contributed by atoms with van der Waals surface area (Å²) < 4.78 is 0. The largest absolute Gasteiger partial charge is 0.354 e. The summed E-state index contributed by atoms with van der Waals surface area (Å²) in [5, 5.41) is 6.04. The van der Waals surface area contributed by atoms with Crippen LogP contribution in [-0.2, 0) is 11.2 Å². The van der Waals surface area contributed by atoms with Crippen molar-refractivity contribution >= 4 is 17.5 Å². The summed E-state index contributed by atoms with van der Waals surface area (Å²) in [7, 11) is 0. The highest BCUT2D eigenvalue weighted by atomic mass is 16.1. The second-order valence-corrected chi connectivity index (χ2v) is 3.99. The molecule has 2 aliphatic rings. The van der Waals surface area contributed by atoms with Crippen LogP contribution in [0.15, 0.2) is 6.33 Å². The van der Waals surface area contributed by atoms with Crippen molar-refractivity contribution in [1.82, 2.24) is 15.3 Å². The minimum Gasteiger partial charge on any atom is -0.354 e. The smallest absolute Gasteiger partial charge is 0.230 e. The number of rotatable bonds is 1. The Morgan fingerprint density at radius 3 is 2.88 bits per heavy atom. The van der Waals surface area contributed by atoms with E-state index in [0.717, 1.165) is 37.6 Å². The van der Waals surface area contributed by atoms with Gasteiger partial charge in [0.2, 0.25) is 5.91 Å². The third kappa shape index (κ3) is 1.51. The highest BCUT2D eigenvalue weighted by molar-refractivity contribution is 5.99. The molecule has 6 heteroatoms. The number of anilines is 2. The van der Waals surface area contributed by atoms with Gasteiger partial charge in [-0.05, 0) is 0 Å². The van der Waals surface area contributed by atoms with Crippen LogP contribution >= 0.6 is 0 Å². The average Bonchev–Trinajstić information content (AvgIpc) is 2.70. The molecule has 1 saturated heterocycles. The fourth-order valence-corrected chi connectivity index (χ4v) is 2.16. The molecule has 2 aliphatic heterocycles. The van der Waals surface area contributed by atoms with Crippen LogP contribution in [0.4, 0.5) is 11.6 Å². The Hall–Kier alpha value is -1.69. The Kier molecular flexibility index (Phi) is 2.21. The van der Waals surface area contributed by atoms with E-state index in [1.807, 2.05) is 0 Å². The predicted molar refractivity (Wildman–Crippen MR) is 59.4 cm³/mol. The van der Waals surface area contributed by atoms with Gasteiger partial charge in [-0.3, -0.25) is 4.79 Å². The second-order valence-electron chi connectivity index (χ2n) is 3.99. The lowest BCUT2D eigenvalue weighted by Crippen LogP contribution is -2.44. The third-order valence-electron chi connectivity index (χ3n) is 2.93. The number of nitrogens with one attached hydrogen (secondary N) is 2. The Balaban J connectivity index is 1.95. The minimum atomic E-state index is 0.00637. The SMILES string of the molecule is O=C1Cc2c(ncnc2N2CCNCC2)N1. The van der Waals surface area contributed by atoms with Crippen LogP contribution in [0, 0.1) is 0 Å². The second kappa shape index (κ2) is 3.71. The highest BCUT2D eigenvalue weighted by Crippen LogP contribution is 2.28. The number of carbonyl (C=O) groups is 1. The molecule has 0 saturated carbocycles. The number of aromatic nitrogens is 2. The summed E-state index contributed by atoms with van der Waals surface area (Å²) >= 11 is 0. The molecule has 0 radical (unpaired) electrons. The molecule has 0 bridgehead atoms. The fraction of sp³-hybridized carbons (Fsp3) is 0.500. The van der Waals surface area contributed by atoms with E-state index in [2.05, 4.69) is 25.5 Å². The number of amides is 1. The summed E-state index contributed by atoms with van der Waals surface area (Å²) in [5.41, 5.74) is 0.939. The maximum absolute atomic E-state index is 11.3. The number of fused-ring (bicyclic) bond motifs is 1. The zero-order valence-electron chi connectivity index (χ0n) is 8.86. The first-order valence-corrected chi connectivity index (χ1v) is 5.44. The summed E-state index contributed by atoms with van der Waals surface area (Å²) in [4.78, 5) is 21.9. The maximum atomic E-state index is 11.3. The molecule has 3 heterocycles. The van der Waals surface area contributed by atoms with Crippen LogP contribution in [0.2, 0.25) is 0 Å². The molecule has 0 unspecified atom stereocenters.